The number of rotatable bonds is 6. The molecule has 3 rings (SSSR count). The van der Waals surface area contributed by atoms with Gasteiger partial charge in [0.2, 0.25) is 10.0 Å². The van der Waals surface area contributed by atoms with Crippen molar-refractivity contribution in [3.05, 3.63) is 36.2 Å². The molecule has 1 fully saturated rings. The van der Waals surface area contributed by atoms with Gasteiger partial charge in [-0.15, -0.1) is 0 Å². The summed E-state index contributed by atoms with van der Waals surface area (Å²) in [6.45, 7) is 12.1. The molecule has 0 atom stereocenters. The van der Waals surface area contributed by atoms with Crippen molar-refractivity contribution in [2.24, 2.45) is 5.92 Å². The molecule has 1 aromatic heterocycles. The first-order valence-electron chi connectivity index (χ1n) is 10.5. The Morgan fingerprint density at radius 3 is 2.33 bits per heavy atom. The van der Waals surface area contributed by atoms with Crippen molar-refractivity contribution >= 4 is 10.0 Å². The molecule has 1 aromatic carbocycles. The summed E-state index contributed by atoms with van der Waals surface area (Å²) in [5, 5.41) is 0. The van der Waals surface area contributed by atoms with Crippen LogP contribution >= 0.6 is 0 Å². The van der Waals surface area contributed by atoms with Crippen LogP contribution in [0.1, 0.15) is 66.0 Å². The smallest absolute Gasteiger partial charge is 0.240 e. The van der Waals surface area contributed by atoms with Gasteiger partial charge in [-0.25, -0.2) is 17.4 Å². The molecular weight excluding hydrogens is 400 g/mol. The van der Waals surface area contributed by atoms with E-state index in [2.05, 4.69) is 27.7 Å². The third-order valence-corrected chi connectivity index (χ3v) is 7.30. The monoisotopic (exact) mass is 434 g/mol. The van der Waals surface area contributed by atoms with E-state index in [1.807, 2.05) is 38.1 Å². The highest BCUT2D eigenvalue weighted by Gasteiger charge is 2.41. The van der Waals surface area contributed by atoms with Gasteiger partial charge < -0.3 is 9.47 Å². The molecule has 166 valence electrons. The van der Waals surface area contributed by atoms with E-state index in [1.54, 1.807) is 13.3 Å². The fourth-order valence-corrected chi connectivity index (χ4v) is 6.27. The lowest BCUT2D eigenvalue weighted by molar-refractivity contribution is -0.162. The van der Waals surface area contributed by atoms with Gasteiger partial charge in [0, 0.05) is 12.1 Å². The van der Waals surface area contributed by atoms with Crippen molar-refractivity contribution in [1.82, 2.24) is 8.96 Å². The number of aromatic nitrogens is 2. The Bertz CT molecular complexity index is 990. The van der Waals surface area contributed by atoms with Crippen molar-refractivity contribution < 1.29 is 17.9 Å². The molecule has 0 amide bonds. The van der Waals surface area contributed by atoms with Gasteiger partial charge in [-0.05, 0) is 58.6 Å². The third-order valence-electron chi connectivity index (χ3n) is 5.33. The van der Waals surface area contributed by atoms with E-state index in [9.17, 15) is 8.42 Å². The molecule has 0 aliphatic carbocycles. The zero-order valence-corrected chi connectivity index (χ0v) is 19.9. The molecule has 0 N–H and O–H groups in total. The highest BCUT2D eigenvalue weighted by molar-refractivity contribution is 7.90. The molecule has 7 heteroatoms. The summed E-state index contributed by atoms with van der Waals surface area (Å²) in [6, 6.07) is 7.41. The van der Waals surface area contributed by atoms with Crippen molar-refractivity contribution in [2.45, 2.75) is 71.5 Å². The summed E-state index contributed by atoms with van der Waals surface area (Å²) in [7, 11) is -1.99. The topological polar surface area (TPSA) is 70.4 Å². The fraction of sp³-hybridized carbons (Fsp3) is 0.609. The summed E-state index contributed by atoms with van der Waals surface area (Å²) < 4.78 is 39.6. The maximum atomic E-state index is 13.2. The molecule has 1 aliphatic heterocycles. The second kappa shape index (κ2) is 8.00. The summed E-state index contributed by atoms with van der Waals surface area (Å²) >= 11 is 0. The van der Waals surface area contributed by atoms with Crippen LogP contribution in [0.15, 0.2) is 30.5 Å². The first-order chi connectivity index (χ1) is 13.8. The third kappa shape index (κ3) is 4.89. The van der Waals surface area contributed by atoms with Crippen LogP contribution in [0.25, 0.3) is 11.4 Å². The number of benzene rings is 1. The molecule has 0 radical (unpaired) electrons. The predicted octanol–water partition coefficient (Wildman–Crippen LogP) is 4.84. The molecule has 0 bridgehead atoms. The van der Waals surface area contributed by atoms with Gasteiger partial charge in [-0.2, -0.15) is 0 Å². The standard InChI is InChI=1S/C23H34N2O4S/c1-16(2)15-30(26,27)25-14-19(17-12-22(3,4)29-23(5,6)13-17)24-21(25)18-10-8-9-11-20(18)28-7/h8-11,14,16-17H,12-13,15H2,1-7H3. The van der Waals surface area contributed by atoms with Crippen LogP contribution in [-0.4, -0.2) is 41.4 Å². The van der Waals surface area contributed by atoms with Gasteiger partial charge in [0.1, 0.15) is 5.75 Å². The number of hydrogen-bond acceptors (Lipinski definition) is 5. The number of para-hydroxylation sites is 1. The molecule has 2 heterocycles. The van der Waals surface area contributed by atoms with Crippen LogP contribution in [0.2, 0.25) is 0 Å². The van der Waals surface area contributed by atoms with Crippen LogP contribution in [0.4, 0.5) is 0 Å². The van der Waals surface area contributed by atoms with E-state index in [0.29, 0.717) is 17.1 Å². The van der Waals surface area contributed by atoms with E-state index in [-0.39, 0.29) is 28.8 Å². The van der Waals surface area contributed by atoms with Crippen molar-refractivity contribution in [1.29, 1.82) is 0 Å². The molecule has 1 saturated heterocycles. The minimum Gasteiger partial charge on any atom is -0.496 e. The quantitative estimate of drug-likeness (QED) is 0.650. The molecule has 2 aromatic rings. The Labute approximate surface area is 180 Å². The maximum absolute atomic E-state index is 13.2. The van der Waals surface area contributed by atoms with Crippen LogP contribution in [0.5, 0.6) is 5.75 Å². The zero-order chi connectivity index (χ0) is 22.3. The molecule has 30 heavy (non-hydrogen) atoms. The normalized spacial score (nSPS) is 19.2. The van der Waals surface area contributed by atoms with Gasteiger partial charge in [0.25, 0.3) is 0 Å². The summed E-state index contributed by atoms with van der Waals surface area (Å²) in [6.07, 6.45) is 3.27. The SMILES string of the molecule is COc1ccccc1-c1nc(C2CC(C)(C)OC(C)(C)C2)cn1S(=O)(=O)CC(C)C. The van der Waals surface area contributed by atoms with Gasteiger partial charge in [0.15, 0.2) is 5.82 Å². The van der Waals surface area contributed by atoms with Crippen molar-refractivity contribution in [2.75, 3.05) is 12.9 Å². The van der Waals surface area contributed by atoms with E-state index in [1.165, 1.54) is 3.97 Å². The summed E-state index contributed by atoms with van der Waals surface area (Å²) in [5.74, 6) is 1.17. The minimum absolute atomic E-state index is 0.00677. The van der Waals surface area contributed by atoms with E-state index in [4.69, 9.17) is 14.5 Å². The Hall–Kier alpha value is -1.86. The van der Waals surface area contributed by atoms with Crippen LogP contribution < -0.4 is 4.74 Å². The zero-order valence-electron chi connectivity index (χ0n) is 19.1. The minimum atomic E-state index is -3.57. The number of nitrogens with zero attached hydrogens (tertiary/aromatic N) is 2. The largest absolute Gasteiger partial charge is 0.496 e. The van der Waals surface area contributed by atoms with Crippen LogP contribution in [0, 0.1) is 5.92 Å². The first kappa shape index (κ1) is 22.8. The van der Waals surface area contributed by atoms with Crippen molar-refractivity contribution in [3.8, 4) is 17.1 Å². The molecule has 0 saturated carbocycles. The average molecular weight is 435 g/mol. The van der Waals surface area contributed by atoms with Gasteiger partial charge in [-0.3, -0.25) is 0 Å². The lowest BCUT2D eigenvalue weighted by Gasteiger charge is -2.45. The highest BCUT2D eigenvalue weighted by Crippen LogP contribution is 2.44. The Morgan fingerprint density at radius 2 is 1.77 bits per heavy atom. The van der Waals surface area contributed by atoms with Gasteiger partial charge in [0.05, 0.1) is 35.3 Å². The number of methoxy groups -OCH3 is 1. The summed E-state index contributed by atoms with van der Waals surface area (Å²) in [4.78, 5) is 4.87. The van der Waals surface area contributed by atoms with Crippen molar-refractivity contribution in [3.63, 3.8) is 0 Å². The molecular formula is C23H34N2O4S. The van der Waals surface area contributed by atoms with Crippen LogP contribution in [-0.2, 0) is 14.8 Å². The number of imidazole rings is 1. The van der Waals surface area contributed by atoms with Gasteiger partial charge in [-0.1, -0.05) is 26.0 Å². The number of ether oxygens (including phenoxy) is 2. The van der Waals surface area contributed by atoms with E-state index >= 15 is 0 Å². The molecule has 0 spiro atoms. The molecule has 6 nitrogen and oxygen atoms in total. The number of hydrogen-bond donors (Lipinski definition) is 0. The Kier molecular flexibility index (Phi) is 6.09. The fourth-order valence-electron chi connectivity index (χ4n) is 4.60. The highest BCUT2D eigenvalue weighted by atomic mass is 32.2. The van der Waals surface area contributed by atoms with Gasteiger partial charge >= 0.3 is 0 Å². The second-order valence-corrected chi connectivity index (χ2v) is 11.8. The summed E-state index contributed by atoms with van der Waals surface area (Å²) in [5.41, 5.74) is 0.840. The second-order valence-electron chi connectivity index (χ2n) is 9.88. The maximum Gasteiger partial charge on any atom is 0.240 e. The van der Waals surface area contributed by atoms with E-state index in [0.717, 1.165) is 18.5 Å². The van der Waals surface area contributed by atoms with E-state index < -0.39 is 10.0 Å². The Balaban J connectivity index is 2.16. The Morgan fingerprint density at radius 1 is 1.17 bits per heavy atom. The molecule has 1 aliphatic rings. The predicted molar refractivity (Wildman–Crippen MR) is 119 cm³/mol. The van der Waals surface area contributed by atoms with Crippen LogP contribution in [0.3, 0.4) is 0 Å². The first-order valence-corrected chi connectivity index (χ1v) is 12.1. The lowest BCUT2D eigenvalue weighted by atomic mass is 9.79. The lowest BCUT2D eigenvalue weighted by Crippen LogP contribution is -2.44. The molecule has 0 unspecified atom stereocenters. The average Bonchev–Trinajstić information content (AvgIpc) is 3.04.